The van der Waals surface area contributed by atoms with Crippen LogP contribution in [0.4, 0.5) is 5.69 Å². The standard InChI is InChI=1S/C35H41N4O3/c1-6-33(40)38-19-21-39(22-20-38)35(41)28-14-12-11-13-27(28)34-29-17-15-25(36(7-2)8-3)23-31(29)42-32-24-26(16-18-30(32)34)37(9-4)10-5/h6,11-18,23-24H,1,7-10,19-22H2,2-5H3/q+1. The van der Waals surface area contributed by atoms with Crippen molar-refractivity contribution < 1.29 is 14.0 Å². The van der Waals surface area contributed by atoms with Crippen LogP contribution < -0.4 is 14.8 Å². The lowest BCUT2D eigenvalue weighted by Gasteiger charge is -2.34. The first-order valence-corrected chi connectivity index (χ1v) is 15.1. The molecule has 2 aromatic rings. The van der Waals surface area contributed by atoms with Crippen molar-refractivity contribution in [3.8, 4) is 22.5 Å². The number of amides is 2. The molecule has 0 unspecified atom stereocenters. The molecule has 1 fully saturated rings. The van der Waals surface area contributed by atoms with E-state index < -0.39 is 0 Å². The van der Waals surface area contributed by atoms with Gasteiger partial charge in [0, 0.05) is 79.2 Å². The summed E-state index contributed by atoms with van der Waals surface area (Å²) in [6.07, 6.45) is 1.33. The lowest BCUT2D eigenvalue weighted by Crippen LogP contribution is -2.50. The van der Waals surface area contributed by atoms with Gasteiger partial charge in [0.1, 0.15) is 24.4 Å². The van der Waals surface area contributed by atoms with Crippen LogP contribution in [0.3, 0.4) is 0 Å². The summed E-state index contributed by atoms with van der Waals surface area (Å²) in [5.41, 5.74) is 5.39. The lowest BCUT2D eigenvalue weighted by atomic mass is 9.90. The van der Waals surface area contributed by atoms with Crippen LogP contribution in [0.5, 0.6) is 0 Å². The van der Waals surface area contributed by atoms with Crippen LogP contribution in [0.1, 0.15) is 38.1 Å². The van der Waals surface area contributed by atoms with Crippen LogP contribution in [0.2, 0.25) is 0 Å². The molecule has 1 saturated heterocycles. The topological polar surface area (TPSA) is 60.0 Å². The zero-order valence-electron chi connectivity index (χ0n) is 25.2. The molecule has 0 spiro atoms. The summed E-state index contributed by atoms with van der Waals surface area (Å²) in [5, 5.41) is 2.08. The summed E-state index contributed by atoms with van der Waals surface area (Å²) >= 11 is 0. The van der Waals surface area contributed by atoms with Crippen molar-refractivity contribution >= 4 is 28.5 Å². The molecule has 0 radical (unpaired) electrons. The molecule has 1 aliphatic carbocycles. The minimum Gasteiger partial charge on any atom is -0.456 e. The highest BCUT2D eigenvalue weighted by Gasteiger charge is 2.27. The third-order valence-electron chi connectivity index (χ3n) is 8.43. The van der Waals surface area contributed by atoms with Crippen LogP contribution in [-0.4, -0.2) is 74.0 Å². The van der Waals surface area contributed by atoms with Gasteiger partial charge in [0.25, 0.3) is 5.91 Å². The second-order valence-corrected chi connectivity index (χ2v) is 10.5. The smallest absolute Gasteiger partial charge is 0.254 e. The van der Waals surface area contributed by atoms with Crippen molar-refractivity contribution in [3.63, 3.8) is 0 Å². The Hall–Kier alpha value is -4.39. The molecule has 0 atom stereocenters. The summed E-state index contributed by atoms with van der Waals surface area (Å²) in [5.74, 6) is 0.664. The highest BCUT2D eigenvalue weighted by Crippen LogP contribution is 2.42. The van der Waals surface area contributed by atoms with Gasteiger partial charge in [-0.3, -0.25) is 9.59 Å². The zero-order chi connectivity index (χ0) is 29.8. The first-order valence-electron chi connectivity index (χ1n) is 15.1. The van der Waals surface area contributed by atoms with E-state index in [-0.39, 0.29) is 11.8 Å². The van der Waals surface area contributed by atoms with Gasteiger partial charge in [0.2, 0.25) is 11.3 Å². The van der Waals surface area contributed by atoms with E-state index in [0.29, 0.717) is 31.7 Å². The normalized spacial score (nSPS) is 13.4. The van der Waals surface area contributed by atoms with Gasteiger partial charge >= 0.3 is 0 Å². The number of hydrogen-bond acceptors (Lipinski definition) is 4. The van der Waals surface area contributed by atoms with E-state index in [0.717, 1.165) is 70.6 Å². The molecular formula is C35H41N4O3+. The van der Waals surface area contributed by atoms with E-state index in [2.05, 4.69) is 80.1 Å². The molecule has 0 saturated carbocycles. The van der Waals surface area contributed by atoms with Gasteiger partial charge in [-0.05, 0) is 63.6 Å². The van der Waals surface area contributed by atoms with Gasteiger partial charge in [-0.2, -0.15) is 0 Å². The number of rotatable bonds is 8. The highest BCUT2D eigenvalue weighted by molar-refractivity contribution is 6.09. The SMILES string of the molecule is C=CC(=O)N1CCN(C(=O)c2ccccc2-c2c3ccc(=[N+](CC)CC)cc-3oc3cc(N(CC)CC)ccc23)CC1. The average molecular weight is 566 g/mol. The Kier molecular flexibility index (Phi) is 8.76. The molecule has 2 aromatic carbocycles. The van der Waals surface area contributed by atoms with E-state index in [1.807, 2.05) is 29.2 Å². The summed E-state index contributed by atoms with van der Waals surface area (Å²) in [7, 11) is 0. The van der Waals surface area contributed by atoms with E-state index in [1.165, 1.54) is 6.08 Å². The molecule has 0 bridgehead atoms. The maximum atomic E-state index is 14.0. The van der Waals surface area contributed by atoms with Crippen LogP contribution >= 0.6 is 0 Å². The first kappa shape index (κ1) is 29.1. The summed E-state index contributed by atoms with van der Waals surface area (Å²) in [4.78, 5) is 32.0. The number of nitrogens with zero attached hydrogens (tertiary/aromatic N) is 4. The molecule has 0 N–H and O–H groups in total. The molecular weight excluding hydrogens is 524 g/mol. The third-order valence-corrected chi connectivity index (χ3v) is 8.43. The van der Waals surface area contributed by atoms with Gasteiger partial charge in [0.15, 0.2) is 0 Å². The Labute approximate surface area is 248 Å². The Morgan fingerprint density at radius 3 is 2.24 bits per heavy atom. The molecule has 7 nitrogen and oxygen atoms in total. The van der Waals surface area contributed by atoms with Gasteiger partial charge < -0.3 is 19.1 Å². The molecule has 2 aliphatic heterocycles. The Bertz CT molecular complexity index is 1650. The fourth-order valence-electron chi connectivity index (χ4n) is 6.05. The number of piperazine rings is 1. The predicted molar refractivity (Wildman–Crippen MR) is 171 cm³/mol. The van der Waals surface area contributed by atoms with Crippen LogP contribution in [0.25, 0.3) is 33.4 Å². The van der Waals surface area contributed by atoms with Crippen molar-refractivity contribution in [1.29, 1.82) is 0 Å². The van der Waals surface area contributed by atoms with Crippen molar-refractivity contribution in [1.82, 2.24) is 14.4 Å². The Morgan fingerprint density at radius 1 is 0.881 bits per heavy atom. The minimum atomic E-state index is -0.0957. The van der Waals surface area contributed by atoms with Crippen molar-refractivity contribution in [2.45, 2.75) is 27.7 Å². The van der Waals surface area contributed by atoms with Crippen molar-refractivity contribution in [2.24, 2.45) is 0 Å². The Morgan fingerprint density at radius 2 is 1.57 bits per heavy atom. The van der Waals surface area contributed by atoms with Crippen LogP contribution in [-0.2, 0) is 4.79 Å². The molecule has 7 heteroatoms. The molecule has 2 heterocycles. The fourth-order valence-corrected chi connectivity index (χ4v) is 6.05. The lowest BCUT2D eigenvalue weighted by molar-refractivity contribution is -0.127. The average Bonchev–Trinajstić information content (AvgIpc) is 3.04. The van der Waals surface area contributed by atoms with E-state index in [1.54, 1.807) is 4.90 Å². The van der Waals surface area contributed by atoms with E-state index in [9.17, 15) is 9.59 Å². The summed E-state index contributed by atoms with van der Waals surface area (Å²) in [6.45, 7) is 17.8. The third kappa shape index (κ3) is 5.43. The highest BCUT2D eigenvalue weighted by atomic mass is 16.3. The molecule has 0 aromatic heterocycles. The quantitative estimate of drug-likeness (QED) is 0.165. The van der Waals surface area contributed by atoms with E-state index >= 15 is 0 Å². The number of carbonyl (C=O) groups excluding carboxylic acids is 2. The van der Waals surface area contributed by atoms with Crippen molar-refractivity contribution in [2.75, 3.05) is 57.3 Å². The number of carbonyl (C=O) groups is 2. The zero-order valence-corrected chi connectivity index (χ0v) is 25.2. The minimum absolute atomic E-state index is 0.0297. The molecule has 5 rings (SSSR count). The number of fused-ring (bicyclic) bond motifs is 2. The van der Waals surface area contributed by atoms with Crippen LogP contribution in [0.15, 0.2) is 77.7 Å². The molecule has 2 amide bonds. The maximum Gasteiger partial charge on any atom is 0.254 e. The number of hydrogen-bond donors (Lipinski definition) is 0. The second-order valence-electron chi connectivity index (χ2n) is 10.5. The van der Waals surface area contributed by atoms with Gasteiger partial charge in [-0.25, -0.2) is 4.58 Å². The Balaban J connectivity index is 1.70. The number of anilines is 1. The monoisotopic (exact) mass is 565 g/mol. The summed E-state index contributed by atoms with van der Waals surface area (Å²) in [6, 6.07) is 20.6. The van der Waals surface area contributed by atoms with Crippen LogP contribution in [0, 0.1) is 0 Å². The predicted octanol–water partition coefficient (Wildman–Crippen LogP) is 5.33. The number of benzene rings is 3. The maximum absolute atomic E-state index is 14.0. The molecule has 218 valence electrons. The largest absolute Gasteiger partial charge is 0.456 e. The molecule has 3 aliphatic rings. The van der Waals surface area contributed by atoms with Crippen molar-refractivity contribution in [3.05, 3.63) is 84.2 Å². The summed E-state index contributed by atoms with van der Waals surface area (Å²) < 4.78 is 8.94. The second kappa shape index (κ2) is 12.6. The van der Waals surface area contributed by atoms with Gasteiger partial charge in [-0.15, -0.1) is 0 Å². The van der Waals surface area contributed by atoms with Gasteiger partial charge in [0.05, 0.1) is 6.07 Å². The van der Waals surface area contributed by atoms with E-state index in [4.69, 9.17) is 4.42 Å². The van der Waals surface area contributed by atoms with Gasteiger partial charge in [-0.1, -0.05) is 24.8 Å². The molecule has 42 heavy (non-hydrogen) atoms. The first-order chi connectivity index (χ1) is 20.4. The fraction of sp³-hybridized carbons (Fsp3) is 0.343.